The van der Waals surface area contributed by atoms with Crippen molar-refractivity contribution in [3.8, 4) is 5.75 Å². The van der Waals surface area contributed by atoms with E-state index in [2.05, 4.69) is 4.72 Å². The molecule has 1 fully saturated rings. The lowest BCUT2D eigenvalue weighted by Gasteiger charge is -2.18. The number of nitrogens with one attached hydrogen (secondary N) is 1. The van der Waals surface area contributed by atoms with Crippen molar-refractivity contribution in [3.63, 3.8) is 0 Å². The zero-order valence-corrected chi connectivity index (χ0v) is 16.0. The number of rotatable bonds is 7. The van der Waals surface area contributed by atoms with Gasteiger partial charge in [-0.25, -0.2) is 25.9 Å². The number of ether oxygens (including phenoxy) is 1. The van der Waals surface area contributed by atoms with E-state index in [1.165, 1.54) is 19.2 Å². The van der Waals surface area contributed by atoms with Gasteiger partial charge in [0.1, 0.15) is 10.6 Å². The predicted molar refractivity (Wildman–Crippen MR) is 93.5 cm³/mol. The second kappa shape index (κ2) is 7.30. The fourth-order valence-corrected chi connectivity index (χ4v) is 5.12. The number of hydrogen-bond donors (Lipinski definition) is 1. The SMILES string of the molecule is COc1ccc(N2C(=O)CCS2(=O)=O)cc1S(=O)(=O)NCCC(C)C. The van der Waals surface area contributed by atoms with E-state index in [9.17, 15) is 21.6 Å². The smallest absolute Gasteiger partial charge is 0.244 e. The van der Waals surface area contributed by atoms with E-state index in [1.54, 1.807) is 0 Å². The van der Waals surface area contributed by atoms with Crippen LogP contribution in [0.4, 0.5) is 5.69 Å². The van der Waals surface area contributed by atoms with Crippen LogP contribution in [0.15, 0.2) is 23.1 Å². The van der Waals surface area contributed by atoms with Crippen molar-refractivity contribution in [1.82, 2.24) is 4.72 Å². The highest BCUT2D eigenvalue weighted by Crippen LogP contribution is 2.32. The number of hydrogen-bond acceptors (Lipinski definition) is 6. The summed E-state index contributed by atoms with van der Waals surface area (Å²) < 4.78 is 57.4. The van der Waals surface area contributed by atoms with Crippen molar-refractivity contribution >= 4 is 31.6 Å². The minimum atomic E-state index is -3.91. The van der Waals surface area contributed by atoms with Gasteiger partial charge in [-0.1, -0.05) is 13.8 Å². The van der Waals surface area contributed by atoms with Gasteiger partial charge in [-0.2, -0.15) is 0 Å². The second-order valence-corrected chi connectivity index (χ2v) is 9.81. The average Bonchev–Trinajstić information content (AvgIpc) is 2.79. The molecule has 1 aliphatic heterocycles. The van der Waals surface area contributed by atoms with Crippen LogP contribution in [0, 0.1) is 5.92 Å². The molecule has 1 amide bonds. The van der Waals surface area contributed by atoms with Gasteiger partial charge >= 0.3 is 0 Å². The number of nitrogens with zero attached hydrogens (tertiary/aromatic N) is 1. The zero-order valence-electron chi connectivity index (χ0n) is 14.4. The highest BCUT2D eigenvalue weighted by atomic mass is 32.2. The van der Waals surface area contributed by atoms with Crippen molar-refractivity contribution in [3.05, 3.63) is 18.2 Å². The van der Waals surface area contributed by atoms with Crippen LogP contribution < -0.4 is 13.8 Å². The molecule has 1 aromatic rings. The molecule has 1 aromatic carbocycles. The summed E-state index contributed by atoms with van der Waals surface area (Å²) in [5.74, 6) is -0.471. The molecule has 0 spiro atoms. The molecule has 0 aromatic heterocycles. The molecule has 1 saturated heterocycles. The summed E-state index contributed by atoms with van der Waals surface area (Å²) in [6.07, 6.45) is 0.531. The van der Waals surface area contributed by atoms with Crippen LogP contribution in [-0.2, 0) is 24.8 Å². The Morgan fingerprint density at radius 2 is 2.00 bits per heavy atom. The molecule has 140 valence electrons. The van der Waals surface area contributed by atoms with Crippen molar-refractivity contribution < 1.29 is 26.4 Å². The van der Waals surface area contributed by atoms with Crippen LogP contribution in [0.25, 0.3) is 0 Å². The summed E-state index contributed by atoms with van der Waals surface area (Å²) in [6, 6.07) is 3.84. The molecule has 10 heteroatoms. The summed E-state index contributed by atoms with van der Waals surface area (Å²) in [5.41, 5.74) is -0.00691. The fourth-order valence-electron chi connectivity index (χ4n) is 2.43. The highest BCUT2D eigenvalue weighted by Gasteiger charge is 2.37. The van der Waals surface area contributed by atoms with Crippen molar-refractivity contribution in [1.29, 1.82) is 0 Å². The Bertz CT molecular complexity index is 862. The number of amides is 1. The number of carbonyl (C=O) groups excluding carboxylic acids is 1. The molecule has 1 aliphatic rings. The van der Waals surface area contributed by atoms with Crippen LogP contribution in [-0.4, -0.2) is 42.2 Å². The van der Waals surface area contributed by atoms with E-state index in [4.69, 9.17) is 4.74 Å². The Balaban J connectivity index is 2.42. The second-order valence-electron chi connectivity index (χ2n) is 6.14. The number of carbonyl (C=O) groups is 1. The Kier molecular flexibility index (Phi) is 5.75. The van der Waals surface area contributed by atoms with Crippen molar-refractivity contribution in [2.75, 3.05) is 23.7 Å². The summed E-state index contributed by atoms with van der Waals surface area (Å²) in [7, 11) is -6.37. The van der Waals surface area contributed by atoms with Crippen LogP contribution in [0.5, 0.6) is 5.75 Å². The number of benzene rings is 1. The van der Waals surface area contributed by atoms with E-state index in [0.29, 0.717) is 16.6 Å². The quantitative estimate of drug-likeness (QED) is 0.746. The molecular formula is C15H22N2O6S2. The summed E-state index contributed by atoms with van der Waals surface area (Å²) in [4.78, 5) is 11.7. The van der Waals surface area contributed by atoms with E-state index >= 15 is 0 Å². The monoisotopic (exact) mass is 390 g/mol. The third-order valence-electron chi connectivity index (χ3n) is 3.76. The normalized spacial score (nSPS) is 17.3. The Morgan fingerprint density at radius 1 is 1.32 bits per heavy atom. The van der Waals surface area contributed by atoms with E-state index in [-0.39, 0.29) is 35.1 Å². The maximum absolute atomic E-state index is 12.6. The van der Waals surface area contributed by atoms with Crippen LogP contribution in [0.3, 0.4) is 0 Å². The number of anilines is 1. The lowest BCUT2D eigenvalue weighted by Crippen LogP contribution is -2.30. The third kappa shape index (κ3) is 4.31. The zero-order chi connectivity index (χ0) is 18.8. The molecule has 1 heterocycles. The first-order valence-electron chi connectivity index (χ1n) is 7.82. The van der Waals surface area contributed by atoms with Gasteiger partial charge in [0, 0.05) is 13.0 Å². The topological polar surface area (TPSA) is 110 Å². The molecule has 0 bridgehead atoms. The Labute approximate surface area is 148 Å². The maximum atomic E-state index is 12.6. The van der Waals surface area contributed by atoms with Crippen LogP contribution in [0.1, 0.15) is 26.7 Å². The largest absolute Gasteiger partial charge is 0.495 e. The van der Waals surface area contributed by atoms with E-state index in [0.717, 1.165) is 6.07 Å². The first-order chi connectivity index (χ1) is 11.6. The lowest BCUT2D eigenvalue weighted by molar-refractivity contribution is -0.116. The van der Waals surface area contributed by atoms with Crippen molar-refractivity contribution in [2.24, 2.45) is 5.92 Å². The predicted octanol–water partition coefficient (Wildman–Crippen LogP) is 1.09. The van der Waals surface area contributed by atoms with Gasteiger partial charge in [0.05, 0.1) is 18.6 Å². The minimum Gasteiger partial charge on any atom is -0.495 e. The van der Waals surface area contributed by atoms with Gasteiger partial charge in [0.15, 0.2) is 0 Å². The van der Waals surface area contributed by atoms with Crippen molar-refractivity contribution in [2.45, 2.75) is 31.6 Å². The van der Waals surface area contributed by atoms with E-state index in [1.807, 2.05) is 13.8 Å². The first-order valence-corrected chi connectivity index (χ1v) is 10.9. The minimum absolute atomic E-state index is 0.00691. The maximum Gasteiger partial charge on any atom is 0.244 e. The third-order valence-corrected chi connectivity index (χ3v) is 6.94. The lowest BCUT2D eigenvalue weighted by atomic mass is 10.1. The van der Waals surface area contributed by atoms with E-state index < -0.39 is 26.0 Å². The summed E-state index contributed by atoms with van der Waals surface area (Å²) in [6.45, 7) is 4.19. The van der Waals surface area contributed by atoms with Gasteiger partial charge in [0.2, 0.25) is 26.0 Å². The van der Waals surface area contributed by atoms with Crippen LogP contribution in [0.2, 0.25) is 0 Å². The summed E-state index contributed by atoms with van der Waals surface area (Å²) in [5, 5.41) is 0. The molecule has 0 saturated carbocycles. The standard InChI is InChI=1S/C15H22N2O6S2/c1-11(2)6-8-16-25(21,22)14-10-12(4-5-13(14)23-3)17-15(18)7-9-24(17,19)20/h4-5,10-11,16H,6-9H2,1-3H3. The Hall–Kier alpha value is -1.65. The number of sulfonamides is 2. The fraction of sp³-hybridized carbons (Fsp3) is 0.533. The highest BCUT2D eigenvalue weighted by molar-refractivity contribution is 7.94. The molecule has 25 heavy (non-hydrogen) atoms. The van der Waals surface area contributed by atoms with Gasteiger partial charge < -0.3 is 4.74 Å². The molecule has 1 N–H and O–H groups in total. The Morgan fingerprint density at radius 3 is 2.52 bits per heavy atom. The summed E-state index contributed by atoms with van der Waals surface area (Å²) >= 11 is 0. The molecule has 0 unspecified atom stereocenters. The van der Waals surface area contributed by atoms with Crippen LogP contribution >= 0.6 is 0 Å². The van der Waals surface area contributed by atoms with Gasteiger partial charge in [-0.15, -0.1) is 0 Å². The first kappa shape index (κ1) is 19.7. The molecule has 8 nitrogen and oxygen atoms in total. The molecule has 0 atom stereocenters. The molecule has 0 radical (unpaired) electrons. The molecule has 2 rings (SSSR count). The molecular weight excluding hydrogens is 368 g/mol. The number of methoxy groups -OCH3 is 1. The van der Waals surface area contributed by atoms with Gasteiger partial charge in [-0.05, 0) is 30.5 Å². The molecule has 0 aliphatic carbocycles. The average molecular weight is 390 g/mol. The van der Waals surface area contributed by atoms with Gasteiger partial charge in [-0.3, -0.25) is 4.79 Å². The van der Waals surface area contributed by atoms with Gasteiger partial charge in [0.25, 0.3) is 0 Å².